The minimum atomic E-state index is -3.85. The molecule has 166 valence electrons. The number of sulfonamides is 1. The summed E-state index contributed by atoms with van der Waals surface area (Å²) in [5.74, 6) is -1.08. The molecular formula is C22H25ClN2O5S. The van der Waals surface area contributed by atoms with Crippen LogP contribution in [0.5, 0.6) is 0 Å². The number of esters is 1. The average Bonchev–Trinajstić information content (AvgIpc) is 2.77. The first-order chi connectivity index (χ1) is 14.8. The van der Waals surface area contributed by atoms with Crippen LogP contribution in [0.4, 0.5) is 0 Å². The predicted octanol–water partition coefficient (Wildman–Crippen LogP) is 3.11. The van der Waals surface area contributed by atoms with Crippen LogP contribution in [0.25, 0.3) is 0 Å². The summed E-state index contributed by atoms with van der Waals surface area (Å²) in [6.07, 6.45) is 0.750. The number of hydrogen-bond acceptors (Lipinski definition) is 5. The third-order valence-corrected chi connectivity index (χ3v) is 7.83. The lowest BCUT2D eigenvalue weighted by Gasteiger charge is -2.28. The highest BCUT2D eigenvalue weighted by Gasteiger charge is 2.26. The van der Waals surface area contributed by atoms with E-state index in [1.807, 2.05) is 24.3 Å². The van der Waals surface area contributed by atoms with Crippen LogP contribution in [0.2, 0.25) is 5.02 Å². The summed E-state index contributed by atoms with van der Waals surface area (Å²) in [6.45, 7) is 4.60. The largest absolute Gasteiger partial charge is 0.452 e. The van der Waals surface area contributed by atoms with Crippen molar-refractivity contribution in [1.82, 2.24) is 9.21 Å². The Hall–Kier alpha value is -2.42. The van der Waals surface area contributed by atoms with Gasteiger partial charge < -0.3 is 9.64 Å². The minimum absolute atomic E-state index is 0.0199. The Bertz CT molecular complexity index is 1080. The van der Waals surface area contributed by atoms with Crippen LogP contribution in [0, 0.1) is 0 Å². The summed E-state index contributed by atoms with van der Waals surface area (Å²) in [5.41, 5.74) is 2.32. The molecule has 1 aliphatic heterocycles. The van der Waals surface area contributed by atoms with Gasteiger partial charge in [-0.2, -0.15) is 4.31 Å². The maximum atomic E-state index is 12.8. The third-order valence-electron chi connectivity index (χ3n) is 5.30. The number of carbonyl (C=O) groups is 2. The Labute approximate surface area is 187 Å². The lowest BCUT2D eigenvalue weighted by atomic mass is 10.00. The molecule has 1 aliphatic rings. The Morgan fingerprint density at radius 1 is 1.10 bits per heavy atom. The lowest BCUT2D eigenvalue weighted by molar-refractivity contribution is -0.135. The molecule has 3 rings (SSSR count). The average molecular weight is 465 g/mol. The van der Waals surface area contributed by atoms with Gasteiger partial charge in [0.2, 0.25) is 10.0 Å². The number of hydrogen-bond donors (Lipinski definition) is 0. The number of rotatable bonds is 7. The molecule has 0 radical (unpaired) electrons. The van der Waals surface area contributed by atoms with E-state index in [4.69, 9.17) is 16.3 Å². The van der Waals surface area contributed by atoms with E-state index in [2.05, 4.69) is 0 Å². The van der Waals surface area contributed by atoms with Gasteiger partial charge in [-0.05, 0) is 35.7 Å². The molecule has 0 fully saturated rings. The van der Waals surface area contributed by atoms with Crippen molar-refractivity contribution in [2.75, 3.05) is 26.2 Å². The van der Waals surface area contributed by atoms with Gasteiger partial charge in [-0.3, -0.25) is 4.79 Å². The molecule has 9 heteroatoms. The first-order valence-electron chi connectivity index (χ1n) is 10.1. The molecule has 1 amide bonds. The Morgan fingerprint density at radius 3 is 2.45 bits per heavy atom. The van der Waals surface area contributed by atoms with Gasteiger partial charge in [0, 0.05) is 26.2 Å². The van der Waals surface area contributed by atoms with E-state index < -0.39 is 22.6 Å². The standard InChI is InChI=1S/C22H25ClN2O5S/c1-3-25(4-2)31(28,29)20-13-17(9-10-19(20)23)22(27)30-15-21(26)24-12-11-16-7-5-6-8-18(16)14-24/h5-10,13H,3-4,11-12,14-15H2,1-2H3. The summed E-state index contributed by atoms with van der Waals surface area (Å²) in [6, 6.07) is 11.8. The topological polar surface area (TPSA) is 84.0 Å². The van der Waals surface area contributed by atoms with Crippen molar-refractivity contribution in [1.29, 1.82) is 0 Å². The number of halogens is 1. The first-order valence-corrected chi connectivity index (χ1v) is 11.9. The summed E-state index contributed by atoms with van der Waals surface area (Å²) < 4.78 is 32.0. The highest BCUT2D eigenvalue weighted by atomic mass is 35.5. The summed E-state index contributed by atoms with van der Waals surface area (Å²) in [5, 5.41) is 0.0199. The van der Waals surface area contributed by atoms with E-state index in [1.54, 1.807) is 18.7 Å². The summed E-state index contributed by atoms with van der Waals surface area (Å²) in [7, 11) is -3.85. The van der Waals surface area contributed by atoms with Gasteiger partial charge in [-0.1, -0.05) is 49.7 Å². The molecule has 0 aliphatic carbocycles. The van der Waals surface area contributed by atoms with Crippen LogP contribution in [-0.4, -0.2) is 55.7 Å². The second-order valence-electron chi connectivity index (χ2n) is 7.14. The van der Waals surface area contributed by atoms with Crippen LogP contribution in [-0.2, 0) is 32.5 Å². The Morgan fingerprint density at radius 2 is 1.77 bits per heavy atom. The number of benzene rings is 2. The van der Waals surface area contributed by atoms with E-state index >= 15 is 0 Å². The van der Waals surface area contributed by atoms with Crippen LogP contribution in [0.3, 0.4) is 0 Å². The molecule has 1 heterocycles. The first kappa shape index (κ1) is 23.2. The van der Waals surface area contributed by atoms with E-state index in [1.165, 1.54) is 28.1 Å². The fourth-order valence-electron chi connectivity index (χ4n) is 3.54. The zero-order valence-corrected chi connectivity index (χ0v) is 19.1. The lowest BCUT2D eigenvalue weighted by Crippen LogP contribution is -2.38. The molecule has 0 bridgehead atoms. The highest BCUT2D eigenvalue weighted by molar-refractivity contribution is 7.89. The fourth-order valence-corrected chi connectivity index (χ4v) is 5.50. The molecule has 0 saturated heterocycles. The second kappa shape index (κ2) is 9.80. The molecule has 2 aromatic rings. The van der Waals surface area contributed by atoms with Crippen molar-refractivity contribution in [3.05, 3.63) is 64.2 Å². The molecule has 2 aromatic carbocycles. The van der Waals surface area contributed by atoms with Crippen LogP contribution >= 0.6 is 11.6 Å². The van der Waals surface area contributed by atoms with Gasteiger partial charge in [-0.25, -0.2) is 13.2 Å². The number of amides is 1. The second-order valence-corrected chi connectivity index (χ2v) is 9.46. The molecule has 0 unspecified atom stereocenters. The maximum Gasteiger partial charge on any atom is 0.338 e. The fraction of sp³-hybridized carbons (Fsp3) is 0.364. The van der Waals surface area contributed by atoms with E-state index in [9.17, 15) is 18.0 Å². The van der Waals surface area contributed by atoms with Crippen molar-refractivity contribution < 1.29 is 22.7 Å². The van der Waals surface area contributed by atoms with Crippen molar-refractivity contribution in [3.63, 3.8) is 0 Å². The minimum Gasteiger partial charge on any atom is -0.452 e. The van der Waals surface area contributed by atoms with Gasteiger partial charge in [0.1, 0.15) is 4.90 Å². The van der Waals surface area contributed by atoms with E-state index in [0.29, 0.717) is 13.1 Å². The number of carbonyl (C=O) groups excluding carboxylic acids is 2. The van der Waals surface area contributed by atoms with Crippen LogP contribution < -0.4 is 0 Å². The quantitative estimate of drug-likeness (QED) is 0.588. The SMILES string of the molecule is CCN(CC)S(=O)(=O)c1cc(C(=O)OCC(=O)N2CCc3ccccc3C2)ccc1Cl. The predicted molar refractivity (Wildman–Crippen MR) is 117 cm³/mol. The summed E-state index contributed by atoms with van der Waals surface area (Å²) in [4.78, 5) is 26.5. The normalized spacial score (nSPS) is 13.7. The maximum absolute atomic E-state index is 12.8. The third kappa shape index (κ3) is 5.08. The van der Waals surface area contributed by atoms with Gasteiger partial charge in [0.15, 0.2) is 6.61 Å². The number of ether oxygens (including phenoxy) is 1. The zero-order valence-electron chi connectivity index (χ0n) is 17.5. The molecule has 0 saturated carbocycles. The van der Waals surface area contributed by atoms with Crippen molar-refractivity contribution in [2.24, 2.45) is 0 Å². The van der Waals surface area contributed by atoms with Gasteiger partial charge >= 0.3 is 5.97 Å². The molecule has 0 spiro atoms. The molecule has 7 nitrogen and oxygen atoms in total. The number of nitrogens with zero attached hydrogens (tertiary/aromatic N) is 2. The molecule has 31 heavy (non-hydrogen) atoms. The van der Waals surface area contributed by atoms with Crippen molar-refractivity contribution >= 4 is 33.5 Å². The molecule has 0 atom stereocenters. The number of fused-ring (bicyclic) bond motifs is 1. The van der Waals surface area contributed by atoms with Gasteiger partial charge in [0.05, 0.1) is 10.6 Å². The molecular weight excluding hydrogens is 440 g/mol. The Kier molecular flexibility index (Phi) is 7.35. The van der Waals surface area contributed by atoms with E-state index in [0.717, 1.165) is 12.0 Å². The van der Waals surface area contributed by atoms with Crippen LogP contribution in [0.1, 0.15) is 35.3 Å². The van der Waals surface area contributed by atoms with Gasteiger partial charge in [0.25, 0.3) is 5.91 Å². The molecule has 0 aromatic heterocycles. The molecule has 0 N–H and O–H groups in total. The smallest absolute Gasteiger partial charge is 0.338 e. The van der Waals surface area contributed by atoms with Gasteiger partial charge in [-0.15, -0.1) is 0 Å². The zero-order chi connectivity index (χ0) is 22.6. The van der Waals surface area contributed by atoms with Crippen molar-refractivity contribution in [3.8, 4) is 0 Å². The summed E-state index contributed by atoms with van der Waals surface area (Å²) >= 11 is 6.10. The monoisotopic (exact) mass is 464 g/mol. The van der Waals surface area contributed by atoms with Crippen molar-refractivity contribution in [2.45, 2.75) is 31.7 Å². The highest BCUT2D eigenvalue weighted by Crippen LogP contribution is 2.26. The van der Waals surface area contributed by atoms with E-state index in [-0.39, 0.29) is 34.5 Å². The van der Waals surface area contributed by atoms with Crippen LogP contribution in [0.15, 0.2) is 47.4 Å². The Balaban J connectivity index is 1.68.